The molecule has 0 saturated heterocycles. The zero-order valence-corrected chi connectivity index (χ0v) is 20.5. The van der Waals surface area contributed by atoms with Gasteiger partial charge in [0.05, 0.1) is 6.61 Å². The molecular formula is C24H26FN5O5S. The highest BCUT2D eigenvalue weighted by Crippen LogP contribution is 2.36. The summed E-state index contributed by atoms with van der Waals surface area (Å²) in [4.78, 5) is 42.7. The Labute approximate surface area is 211 Å². The topological polar surface area (TPSA) is 150 Å². The van der Waals surface area contributed by atoms with Crippen LogP contribution in [0.15, 0.2) is 48.5 Å². The molecular weight excluding hydrogens is 489 g/mol. The van der Waals surface area contributed by atoms with E-state index in [1.165, 1.54) is 36.3 Å². The maximum absolute atomic E-state index is 13.4. The molecule has 0 saturated carbocycles. The number of ketones is 1. The number of halogens is 1. The quantitative estimate of drug-likeness (QED) is 0.246. The number of amides is 2. The van der Waals surface area contributed by atoms with Gasteiger partial charge in [0, 0.05) is 24.9 Å². The molecule has 5 N–H and O–H groups in total. The number of aromatic nitrogens is 1. The minimum atomic E-state index is -0.841. The Morgan fingerprint density at radius 3 is 2.42 bits per heavy atom. The van der Waals surface area contributed by atoms with Gasteiger partial charge >= 0.3 is 0 Å². The highest BCUT2D eigenvalue weighted by molar-refractivity contribution is 7.18. The minimum Gasteiger partial charge on any atom is -0.484 e. The number of nitrogens with two attached hydrogens (primary N) is 2. The summed E-state index contributed by atoms with van der Waals surface area (Å²) in [6.45, 7) is 2.16. The van der Waals surface area contributed by atoms with E-state index in [9.17, 15) is 18.8 Å². The molecule has 36 heavy (non-hydrogen) atoms. The van der Waals surface area contributed by atoms with Gasteiger partial charge in [-0.1, -0.05) is 11.3 Å². The van der Waals surface area contributed by atoms with E-state index < -0.39 is 17.8 Å². The Balaban J connectivity index is 1.77. The summed E-state index contributed by atoms with van der Waals surface area (Å²) < 4.78 is 23.7. The van der Waals surface area contributed by atoms with Crippen LogP contribution in [-0.4, -0.2) is 55.5 Å². The molecule has 0 aliphatic rings. The molecule has 2 aromatic carbocycles. The zero-order chi connectivity index (χ0) is 26.2. The molecule has 190 valence electrons. The van der Waals surface area contributed by atoms with Gasteiger partial charge in [0.1, 0.15) is 28.3 Å². The number of nitrogen functional groups attached to an aromatic ring is 1. The monoisotopic (exact) mass is 515 g/mol. The summed E-state index contributed by atoms with van der Waals surface area (Å²) in [5, 5.41) is 2.90. The average Bonchev–Trinajstić information content (AvgIpc) is 3.24. The van der Waals surface area contributed by atoms with Crippen molar-refractivity contribution in [3.05, 3.63) is 64.8 Å². The fraction of sp³-hybridized carbons (Fsp3) is 0.250. The lowest BCUT2D eigenvalue weighted by Gasteiger charge is -2.26. The average molecular weight is 516 g/mol. The number of carbonyl (C=O) groups is 3. The van der Waals surface area contributed by atoms with Crippen molar-refractivity contribution in [1.29, 1.82) is 0 Å². The first kappa shape index (κ1) is 26.6. The van der Waals surface area contributed by atoms with Gasteiger partial charge in [-0.25, -0.2) is 9.37 Å². The number of hydrogen-bond donors (Lipinski definition) is 3. The number of ether oxygens (including phenoxy) is 2. The first-order chi connectivity index (χ1) is 17.2. The minimum absolute atomic E-state index is 0.0168. The molecule has 1 heterocycles. The van der Waals surface area contributed by atoms with Gasteiger partial charge < -0.3 is 31.2 Å². The van der Waals surface area contributed by atoms with Crippen LogP contribution in [0.2, 0.25) is 0 Å². The Hall–Kier alpha value is -4.03. The van der Waals surface area contributed by atoms with Crippen molar-refractivity contribution in [2.75, 3.05) is 37.5 Å². The van der Waals surface area contributed by atoms with Gasteiger partial charge in [0.25, 0.3) is 5.91 Å². The molecule has 1 aromatic heterocycles. The highest BCUT2D eigenvalue weighted by atomic mass is 32.1. The summed E-state index contributed by atoms with van der Waals surface area (Å²) in [7, 11) is 1.54. The highest BCUT2D eigenvalue weighted by Gasteiger charge is 2.27. The van der Waals surface area contributed by atoms with Crippen molar-refractivity contribution < 1.29 is 28.2 Å². The lowest BCUT2D eigenvalue weighted by molar-refractivity contribution is -0.123. The molecule has 1 atom stereocenters. The second-order valence-corrected chi connectivity index (χ2v) is 8.60. The van der Waals surface area contributed by atoms with E-state index in [0.29, 0.717) is 30.2 Å². The van der Waals surface area contributed by atoms with Gasteiger partial charge in [-0.15, -0.1) is 0 Å². The SMILES string of the molecule is COCCNC(=O)COc1ccc(C(=O)c2sc(N(c3ccc(F)cc3)[C@H](C)C(N)=O)nc2N)cc1. The van der Waals surface area contributed by atoms with Crippen molar-refractivity contribution in [3.63, 3.8) is 0 Å². The van der Waals surface area contributed by atoms with E-state index in [2.05, 4.69) is 10.3 Å². The first-order valence-corrected chi connectivity index (χ1v) is 11.7. The lowest BCUT2D eigenvalue weighted by atomic mass is 10.1. The Morgan fingerprint density at radius 1 is 1.14 bits per heavy atom. The molecule has 0 aliphatic carbocycles. The number of rotatable bonds is 12. The summed E-state index contributed by atoms with van der Waals surface area (Å²) in [6, 6.07) is 10.8. The van der Waals surface area contributed by atoms with Crippen LogP contribution in [0.4, 0.5) is 21.0 Å². The van der Waals surface area contributed by atoms with Crippen LogP contribution >= 0.6 is 11.3 Å². The van der Waals surface area contributed by atoms with Gasteiger partial charge in [-0.2, -0.15) is 0 Å². The van der Waals surface area contributed by atoms with Crippen molar-refractivity contribution in [2.24, 2.45) is 5.73 Å². The van der Waals surface area contributed by atoms with Gasteiger partial charge in [-0.05, 0) is 55.5 Å². The third kappa shape index (κ3) is 6.55. The number of hydrogen-bond acceptors (Lipinski definition) is 9. The largest absolute Gasteiger partial charge is 0.484 e. The molecule has 2 amide bonds. The van der Waals surface area contributed by atoms with Gasteiger partial charge in [-0.3, -0.25) is 14.4 Å². The van der Waals surface area contributed by atoms with Crippen LogP contribution in [0.25, 0.3) is 0 Å². The number of methoxy groups -OCH3 is 1. The van der Waals surface area contributed by atoms with E-state index in [1.54, 1.807) is 31.2 Å². The summed E-state index contributed by atoms with van der Waals surface area (Å²) in [5.41, 5.74) is 12.3. The third-order valence-corrected chi connectivity index (χ3v) is 6.14. The first-order valence-electron chi connectivity index (χ1n) is 10.8. The fourth-order valence-corrected chi connectivity index (χ4v) is 4.19. The summed E-state index contributed by atoms with van der Waals surface area (Å²) in [5.74, 6) is -1.37. The number of carbonyl (C=O) groups excluding carboxylic acids is 3. The van der Waals surface area contributed by atoms with E-state index in [1.807, 2.05) is 0 Å². The number of primary amides is 1. The lowest BCUT2D eigenvalue weighted by Crippen LogP contribution is -2.39. The second kappa shape index (κ2) is 12.1. The molecule has 0 spiro atoms. The molecule has 3 aromatic rings. The number of anilines is 3. The molecule has 0 fully saturated rings. The van der Waals surface area contributed by atoms with E-state index >= 15 is 0 Å². The predicted molar refractivity (Wildman–Crippen MR) is 134 cm³/mol. The molecule has 0 radical (unpaired) electrons. The number of nitrogens with zero attached hydrogens (tertiary/aromatic N) is 2. The predicted octanol–water partition coefficient (Wildman–Crippen LogP) is 2.25. The number of thiazole rings is 1. The van der Waals surface area contributed by atoms with Crippen LogP contribution in [0.3, 0.4) is 0 Å². The molecule has 0 aliphatic heterocycles. The summed E-state index contributed by atoms with van der Waals surface area (Å²) >= 11 is 0.987. The molecule has 0 bridgehead atoms. The number of nitrogens with one attached hydrogen (secondary N) is 1. The van der Waals surface area contributed by atoms with Crippen molar-refractivity contribution in [3.8, 4) is 5.75 Å². The van der Waals surface area contributed by atoms with E-state index in [-0.39, 0.29) is 34.1 Å². The fourth-order valence-electron chi connectivity index (χ4n) is 3.14. The Kier molecular flexibility index (Phi) is 8.92. The maximum Gasteiger partial charge on any atom is 0.258 e. The van der Waals surface area contributed by atoms with Crippen molar-refractivity contribution in [2.45, 2.75) is 13.0 Å². The number of benzene rings is 2. The van der Waals surface area contributed by atoms with Crippen LogP contribution in [0, 0.1) is 5.82 Å². The van der Waals surface area contributed by atoms with Crippen LogP contribution in [0.1, 0.15) is 22.2 Å². The molecule has 12 heteroatoms. The van der Waals surface area contributed by atoms with Crippen molar-refractivity contribution in [1.82, 2.24) is 10.3 Å². The zero-order valence-electron chi connectivity index (χ0n) is 19.7. The van der Waals surface area contributed by atoms with Gasteiger partial charge in [0.15, 0.2) is 11.7 Å². The van der Waals surface area contributed by atoms with E-state index in [0.717, 1.165) is 11.3 Å². The smallest absolute Gasteiger partial charge is 0.258 e. The third-order valence-electron chi connectivity index (χ3n) is 5.07. The van der Waals surface area contributed by atoms with Crippen LogP contribution in [0.5, 0.6) is 5.75 Å². The molecule has 10 nitrogen and oxygen atoms in total. The molecule has 3 rings (SSSR count). The van der Waals surface area contributed by atoms with Crippen LogP contribution < -0.4 is 26.4 Å². The van der Waals surface area contributed by atoms with Gasteiger partial charge in [0.2, 0.25) is 11.7 Å². The normalized spacial score (nSPS) is 11.5. The Bertz CT molecular complexity index is 1220. The standard InChI is InChI=1S/C24H26FN5O5S/c1-14(23(27)33)30(17-7-5-16(25)6-8-17)24-29-22(26)21(36-24)20(32)15-3-9-18(10-4-15)35-13-19(31)28-11-12-34-2/h3-10,14H,11-13,26H2,1-2H3,(H2,27,33)(H,28,31)/t14-/m1/s1. The maximum atomic E-state index is 13.4. The summed E-state index contributed by atoms with van der Waals surface area (Å²) in [6.07, 6.45) is 0. The Morgan fingerprint density at radius 2 is 1.81 bits per heavy atom. The van der Waals surface area contributed by atoms with E-state index in [4.69, 9.17) is 20.9 Å². The van der Waals surface area contributed by atoms with Crippen LogP contribution in [-0.2, 0) is 14.3 Å². The van der Waals surface area contributed by atoms with Crippen molar-refractivity contribution >= 4 is 45.6 Å². The second-order valence-electron chi connectivity index (χ2n) is 7.62. The molecule has 0 unspecified atom stereocenters.